The predicted octanol–water partition coefficient (Wildman–Crippen LogP) is 13.7. The van der Waals surface area contributed by atoms with Crippen LogP contribution < -0.4 is 0 Å². The molecule has 0 spiro atoms. The maximum Gasteiger partial charge on any atom is 0.164 e. The highest BCUT2D eigenvalue weighted by molar-refractivity contribution is 7.26. The van der Waals surface area contributed by atoms with Crippen molar-refractivity contribution in [2.45, 2.75) is 0 Å². The summed E-state index contributed by atoms with van der Waals surface area (Å²) in [4.78, 5) is 15.2. The number of nitrogens with zero attached hydrogens (tertiary/aromatic N) is 4. The van der Waals surface area contributed by atoms with E-state index in [0.29, 0.717) is 28.7 Å². The van der Waals surface area contributed by atoms with Gasteiger partial charge >= 0.3 is 0 Å². The quantitative estimate of drug-likeness (QED) is 0.171. The highest BCUT2D eigenvalue weighted by Crippen LogP contribution is 2.44. The first kappa shape index (κ1) is 26.5. The molecule has 11 rings (SSSR count). The molecule has 0 saturated carbocycles. The van der Waals surface area contributed by atoms with E-state index in [1.165, 1.54) is 12.1 Å². The summed E-state index contributed by atoms with van der Waals surface area (Å²) in [5.74, 6) is 1.37. The lowest BCUT2D eigenvalue weighted by Gasteiger charge is -2.17. The van der Waals surface area contributed by atoms with Gasteiger partial charge in [-0.15, -0.1) is 11.3 Å². The SMILES string of the molecule is [2H]c1cc([2H])c2c(c1[2H])c1c([2H])c([2H])cc([2H])c1n2-c1cc(-c2nc(-c3ccccc3)nc(-c3ccc(-c4ccccc4)cc3)n2)ccc1-c1cccc2c1sc1ccccc12. The van der Waals surface area contributed by atoms with Crippen LogP contribution in [0.1, 0.15) is 8.22 Å². The lowest BCUT2D eigenvalue weighted by atomic mass is 9.98. The lowest BCUT2D eigenvalue weighted by Crippen LogP contribution is -2.02. The van der Waals surface area contributed by atoms with Crippen LogP contribution in [0.2, 0.25) is 0 Å². The molecule has 8 aromatic carbocycles. The summed E-state index contributed by atoms with van der Waals surface area (Å²) in [5.41, 5.74) is 7.24. The first-order chi connectivity index (χ1) is 30.2. The standard InChI is InChI=1S/C51H32N4S/c1-3-14-33(15-4-1)34-26-28-36(29-27-34)50-52-49(35-16-5-2-6-17-35)53-51(54-50)37-30-31-40(42-21-13-22-43-41-20-9-12-25-47(41)56-48(42)43)46(32-37)55-44-23-10-7-18-38(44)39-19-8-11-24-45(39)55/h1-32H/i7D,8D,18D,19D,23D,24D. The second-order valence-electron chi connectivity index (χ2n) is 13.5. The van der Waals surface area contributed by atoms with Crippen molar-refractivity contribution in [3.05, 3.63) is 194 Å². The molecule has 3 heterocycles. The van der Waals surface area contributed by atoms with Crippen LogP contribution in [-0.4, -0.2) is 19.5 Å². The topological polar surface area (TPSA) is 43.6 Å². The number of para-hydroxylation sites is 2. The summed E-state index contributed by atoms with van der Waals surface area (Å²) in [5, 5.41) is 2.61. The van der Waals surface area contributed by atoms with Crippen molar-refractivity contribution in [2.75, 3.05) is 0 Å². The number of hydrogen-bond acceptors (Lipinski definition) is 4. The average molecular weight is 739 g/mol. The fraction of sp³-hybridized carbons (Fsp3) is 0. The van der Waals surface area contributed by atoms with E-state index in [0.717, 1.165) is 53.6 Å². The molecule has 0 saturated heterocycles. The second kappa shape index (κ2) is 13.3. The van der Waals surface area contributed by atoms with Crippen molar-refractivity contribution < 1.29 is 8.22 Å². The van der Waals surface area contributed by atoms with Gasteiger partial charge in [-0.3, -0.25) is 0 Å². The Morgan fingerprint density at radius 2 is 0.946 bits per heavy atom. The van der Waals surface area contributed by atoms with E-state index in [-0.39, 0.29) is 58.1 Å². The van der Waals surface area contributed by atoms with E-state index < -0.39 is 0 Å². The van der Waals surface area contributed by atoms with Gasteiger partial charge in [-0.05, 0) is 35.3 Å². The summed E-state index contributed by atoms with van der Waals surface area (Å²) < 4.78 is 58.0. The van der Waals surface area contributed by atoms with Gasteiger partial charge in [0.15, 0.2) is 17.5 Å². The Morgan fingerprint density at radius 3 is 1.64 bits per heavy atom. The highest BCUT2D eigenvalue weighted by Gasteiger charge is 2.21. The molecule has 3 aromatic heterocycles. The van der Waals surface area contributed by atoms with E-state index in [1.54, 1.807) is 15.9 Å². The number of hydrogen-bond donors (Lipinski definition) is 0. The fourth-order valence-electron chi connectivity index (χ4n) is 7.59. The molecule has 0 unspecified atom stereocenters. The zero-order valence-corrected chi connectivity index (χ0v) is 30.5. The van der Waals surface area contributed by atoms with Crippen LogP contribution in [0.3, 0.4) is 0 Å². The molecule has 0 amide bonds. The summed E-state index contributed by atoms with van der Waals surface area (Å²) in [6.45, 7) is 0. The predicted molar refractivity (Wildman–Crippen MR) is 234 cm³/mol. The Kier molecular flexibility index (Phi) is 6.29. The van der Waals surface area contributed by atoms with E-state index in [2.05, 4.69) is 48.5 Å². The van der Waals surface area contributed by atoms with Gasteiger partial charge in [-0.25, -0.2) is 15.0 Å². The number of fused-ring (bicyclic) bond motifs is 6. The zero-order valence-electron chi connectivity index (χ0n) is 35.7. The molecule has 0 fully saturated rings. The minimum Gasteiger partial charge on any atom is -0.309 e. The van der Waals surface area contributed by atoms with Gasteiger partial charge in [0, 0.05) is 58.8 Å². The summed E-state index contributed by atoms with van der Waals surface area (Å²) in [7, 11) is 0. The van der Waals surface area contributed by atoms with Crippen molar-refractivity contribution >= 4 is 53.3 Å². The Balaban J connectivity index is 1.22. The maximum atomic E-state index is 9.31. The van der Waals surface area contributed by atoms with Crippen LogP contribution in [0.4, 0.5) is 0 Å². The number of aromatic nitrogens is 4. The van der Waals surface area contributed by atoms with Crippen molar-refractivity contribution in [3.8, 4) is 62.1 Å². The van der Waals surface area contributed by atoms with Crippen molar-refractivity contribution in [1.82, 2.24) is 19.5 Å². The number of rotatable bonds is 6. The molecule has 0 aliphatic carbocycles. The summed E-state index contributed by atoms with van der Waals surface area (Å²) in [6.07, 6.45) is 0. The largest absolute Gasteiger partial charge is 0.309 e. The Labute approximate surface area is 336 Å². The molecule has 0 aliphatic rings. The van der Waals surface area contributed by atoms with Crippen molar-refractivity contribution in [2.24, 2.45) is 0 Å². The first-order valence-corrected chi connectivity index (χ1v) is 19.1. The van der Waals surface area contributed by atoms with E-state index >= 15 is 0 Å². The number of thiophene rings is 1. The molecule has 0 aliphatic heterocycles. The molecule has 0 bridgehead atoms. The molecule has 56 heavy (non-hydrogen) atoms. The van der Waals surface area contributed by atoms with Crippen LogP contribution in [0, 0.1) is 0 Å². The van der Waals surface area contributed by atoms with Gasteiger partial charge in [-0.1, -0.05) is 170 Å². The minimum atomic E-state index is -0.171. The molecule has 262 valence electrons. The van der Waals surface area contributed by atoms with Crippen LogP contribution >= 0.6 is 11.3 Å². The van der Waals surface area contributed by atoms with Crippen LogP contribution in [-0.2, 0) is 0 Å². The lowest BCUT2D eigenvalue weighted by molar-refractivity contribution is 1.07. The molecule has 0 atom stereocenters. The van der Waals surface area contributed by atoms with Crippen molar-refractivity contribution in [1.29, 1.82) is 0 Å². The molecule has 11 aromatic rings. The third kappa shape index (κ3) is 5.40. The molecule has 4 nitrogen and oxygen atoms in total. The average Bonchev–Trinajstić information content (AvgIpc) is 3.88. The van der Waals surface area contributed by atoms with Gasteiger partial charge in [0.25, 0.3) is 0 Å². The third-order valence-corrected chi connectivity index (χ3v) is 11.5. The normalized spacial score (nSPS) is 13.1. The first-order valence-electron chi connectivity index (χ1n) is 21.3. The monoisotopic (exact) mass is 738 g/mol. The third-order valence-electron chi connectivity index (χ3n) is 10.2. The van der Waals surface area contributed by atoms with Crippen LogP contribution in [0.15, 0.2) is 194 Å². The minimum absolute atomic E-state index is 0.0354. The maximum absolute atomic E-state index is 9.31. The van der Waals surface area contributed by atoms with Gasteiger partial charge in [0.05, 0.1) is 24.9 Å². The van der Waals surface area contributed by atoms with E-state index in [4.69, 9.17) is 20.4 Å². The van der Waals surface area contributed by atoms with Gasteiger partial charge in [-0.2, -0.15) is 0 Å². The summed E-state index contributed by atoms with van der Waals surface area (Å²) >= 11 is 1.68. The van der Waals surface area contributed by atoms with Gasteiger partial charge in [0.2, 0.25) is 0 Å². The molecular weight excluding hydrogens is 701 g/mol. The Hall–Kier alpha value is -7.21. The van der Waals surface area contributed by atoms with Crippen LogP contribution in [0.5, 0.6) is 0 Å². The second-order valence-corrected chi connectivity index (χ2v) is 14.6. The molecule has 0 radical (unpaired) electrons. The highest BCUT2D eigenvalue weighted by atomic mass is 32.1. The smallest absolute Gasteiger partial charge is 0.164 e. The zero-order chi connectivity index (χ0) is 42.2. The van der Waals surface area contributed by atoms with Gasteiger partial charge in [0.1, 0.15) is 0 Å². The van der Waals surface area contributed by atoms with E-state index in [9.17, 15) is 2.74 Å². The van der Waals surface area contributed by atoms with Crippen molar-refractivity contribution in [3.63, 3.8) is 0 Å². The Morgan fingerprint density at radius 1 is 0.411 bits per heavy atom. The molecule has 0 N–H and O–H groups in total. The van der Waals surface area contributed by atoms with Gasteiger partial charge < -0.3 is 4.57 Å². The Bertz CT molecular complexity index is 3520. The molecule has 5 heteroatoms. The fourth-order valence-corrected chi connectivity index (χ4v) is 8.82. The number of benzene rings is 8. The molecular formula is C51H32N4S. The summed E-state index contributed by atoms with van der Waals surface area (Å²) in [6, 6.07) is 50.4. The van der Waals surface area contributed by atoms with E-state index in [1.807, 2.05) is 97.1 Å². The van der Waals surface area contributed by atoms with Crippen LogP contribution in [0.25, 0.3) is 104 Å².